The van der Waals surface area contributed by atoms with Gasteiger partial charge in [0.2, 0.25) is 0 Å². The Bertz CT molecular complexity index is 813. The van der Waals surface area contributed by atoms with Gasteiger partial charge in [-0.15, -0.1) is 11.6 Å². The highest BCUT2D eigenvalue weighted by Gasteiger charge is 2.15. The number of aromatic nitrogens is 4. The molecule has 21 heavy (non-hydrogen) atoms. The molecule has 0 bridgehead atoms. The SMILES string of the molecule is Cc1nn(C)c(C)c1Cn1c(CCl)nc2c(C)cccc21. The Balaban J connectivity index is 2.18. The Labute approximate surface area is 129 Å². The molecule has 4 nitrogen and oxygen atoms in total. The van der Waals surface area contributed by atoms with Crippen LogP contribution < -0.4 is 0 Å². The number of fused-ring (bicyclic) bond motifs is 1. The quantitative estimate of drug-likeness (QED) is 0.694. The molecule has 0 aliphatic rings. The molecule has 1 aromatic carbocycles. The summed E-state index contributed by atoms with van der Waals surface area (Å²) in [6, 6.07) is 6.25. The van der Waals surface area contributed by atoms with Gasteiger partial charge in [0.25, 0.3) is 0 Å². The van der Waals surface area contributed by atoms with Crippen molar-refractivity contribution in [3.8, 4) is 0 Å². The molecule has 2 aromatic heterocycles. The molecule has 0 aliphatic carbocycles. The van der Waals surface area contributed by atoms with E-state index < -0.39 is 0 Å². The third-order valence-electron chi connectivity index (χ3n) is 4.15. The maximum Gasteiger partial charge on any atom is 0.125 e. The number of benzene rings is 1. The number of nitrogens with zero attached hydrogens (tertiary/aromatic N) is 4. The summed E-state index contributed by atoms with van der Waals surface area (Å²) in [4.78, 5) is 4.70. The number of aryl methyl sites for hydroxylation is 3. The molecule has 0 amide bonds. The Morgan fingerprint density at radius 3 is 2.57 bits per heavy atom. The standard InChI is InChI=1S/C16H19ClN4/c1-10-6-5-7-14-16(10)18-15(8-17)21(14)9-13-11(2)19-20(4)12(13)3/h5-7H,8-9H2,1-4H3. The van der Waals surface area contributed by atoms with Crippen LogP contribution in [0.2, 0.25) is 0 Å². The molecule has 2 heterocycles. The van der Waals surface area contributed by atoms with Crippen molar-refractivity contribution in [1.29, 1.82) is 0 Å². The molecule has 5 heteroatoms. The van der Waals surface area contributed by atoms with Crippen molar-refractivity contribution >= 4 is 22.6 Å². The van der Waals surface area contributed by atoms with Gasteiger partial charge in [-0.3, -0.25) is 4.68 Å². The Morgan fingerprint density at radius 1 is 1.19 bits per heavy atom. The van der Waals surface area contributed by atoms with E-state index in [4.69, 9.17) is 16.6 Å². The molecule has 0 unspecified atom stereocenters. The number of rotatable bonds is 3. The summed E-state index contributed by atoms with van der Waals surface area (Å²) in [6.45, 7) is 6.99. The zero-order valence-electron chi connectivity index (χ0n) is 12.8. The first kappa shape index (κ1) is 14.1. The van der Waals surface area contributed by atoms with E-state index in [-0.39, 0.29) is 0 Å². The average molecular weight is 303 g/mol. The molecular formula is C16H19ClN4. The van der Waals surface area contributed by atoms with Crippen molar-refractivity contribution in [1.82, 2.24) is 19.3 Å². The highest BCUT2D eigenvalue weighted by atomic mass is 35.5. The molecule has 0 aliphatic heterocycles. The predicted molar refractivity (Wildman–Crippen MR) is 85.8 cm³/mol. The van der Waals surface area contributed by atoms with Crippen LogP contribution in [0.3, 0.4) is 0 Å². The molecule has 0 fully saturated rings. The number of imidazole rings is 1. The van der Waals surface area contributed by atoms with Crippen molar-refractivity contribution < 1.29 is 0 Å². The highest BCUT2D eigenvalue weighted by molar-refractivity contribution is 6.16. The van der Waals surface area contributed by atoms with Crippen molar-refractivity contribution in [3.05, 3.63) is 46.5 Å². The van der Waals surface area contributed by atoms with Gasteiger partial charge in [0, 0.05) is 18.3 Å². The van der Waals surface area contributed by atoms with Crippen molar-refractivity contribution in [2.75, 3.05) is 0 Å². The third kappa shape index (κ3) is 2.23. The van der Waals surface area contributed by atoms with Crippen LogP contribution in [0.25, 0.3) is 11.0 Å². The minimum absolute atomic E-state index is 0.409. The second kappa shape index (κ2) is 5.19. The summed E-state index contributed by atoms with van der Waals surface area (Å²) >= 11 is 6.10. The Morgan fingerprint density at radius 2 is 1.95 bits per heavy atom. The lowest BCUT2D eigenvalue weighted by Crippen LogP contribution is -2.06. The summed E-state index contributed by atoms with van der Waals surface area (Å²) in [5.74, 6) is 1.32. The van der Waals surface area contributed by atoms with Crippen LogP contribution in [0.15, 0.2) is 18.2 Å². The first-order valence-corrected chi connectivity index (χ1v) is 7.56. The summed E-state index contributed by atoms with van der Waals surface area (Å²) in [7, 11) is 1.98. The summed E-state index contributed by atoms with van der Waals surface area (Å²) in [5.41, 5.74) is 6.83. The molecule has 3 aromatic rings. The topological polar surface area (TPSA) is 35.6 Å². The van der Waals surface area contributed by atoms with Crippen LogP contribution in [0.5, 0.6) is 0 Å². The molecule has 3 rings (SSSR count). The molecular weight excluding hydrogens is 284 g/mol. The highest BCUT2D eigenvalue weighted by Crippen LogP contribution is 2.23. The van der Waals surface area contributed by atoms with Gasteiger partial charge in [-0.2, -0.15) is 5.10 Å². The number of para-hydroxylation sites is 1. The summed E-state index contributed by atoms with van der Waals surface area (Å²) in [5, 5.41) is 4.49. The lowest BCUT2D eigenvalue weighted by Gasteiger charge is -2.08. The normalized spacial score (nSPS) is 11.5. The molecule has 0 N–H and O–H groups in total. The fourth-order valence-electron chi connectivity index (χ4n) is 2.82. The number of halogens is 1. The second-order valence-electron chi connectivity index (χ2n) is 5.46. The Hall–Kier alpha value is -1.81. The zero-order valence-corrected chi connectivity index (χ0v) is 13.6. The Kier molecular flexibility index (Phi) is 3.49. The maximum atomic E-state index is 6.10. The molecule has 110 valence electrons. The summed E-state index contributed by atoms with van der Waals surface area (Å²) < 4.78 is 4.13. The van der Waals surface area contributed by atoms with Gasteiger partial charge in [0.05, 0.1) is 29.2 Å². The van der Waals surface area contributed by atoms with Crippen molar-refractivity contribution in [2.45, 2.75) is 33.2 Å². The number of alkyl halides is 1. The first-order chi connectivity index (χ1) is 10.0. The van der Waals surface area contributed by atoms with Gasteiger partial charge in [-0.1, -0.05) is 12.1 Å². The predicted octanol–water partition coefficient (Wildman–Crippen LogP) is 3.48. The molecule has 0 atom stereocenters. The lowest BCUT2D eigenvalue weighted by atomic mass is 10.2. The fraction of sp³-hybridized carbons (Fsp3) is 0.375. The van der Waals surface area contributed by atoms with Crippen LogP contribution in [0.4, 0.5) is 0 Å². The van der Waals surface area contributed by atoms with E-state index >= 15 is 0 Å². The zero-order chi connectivity index (χ0) is 15.1. The monoisotopic (exact) mass is 302 g/mol. The van der Waals surface area contributed by atoms with Gasteiger partial charge < -0.3 is 4.57 Å². The third-order valence-corrected chi connectivity index (χ3v) is 4.39. The van der Waals surface area contributed by atoms with Gasteiger partial charge in [0.1, 0.15) is 5.82 Å². The van der Waals surface area contributed by atoms with Crippen molar-refractivity contribution in [3.63, 3.8) is 0 Å². The smallest absolute Gasteiger partial charge is 0.125 e. The summed E-state index contributed by atoms with van der Waals surface area (Å²) in [6.07, 6.45) is 0. The second-order valence-corrected chi connectivity index (χ2v) is 5.73. The van der Waals surface area contributed by atoms with Crippen LogP contribution in [0, 0.1) is 20.8 Å². The minimum atomic E-state index is 0.409. The van der Waals surface area contributed by atoms with Gasteiger partial charge in [0.15, 0.2) is 0 Å². The molecule has 0 spiro atoms. The van der Waals surface area contributed by atoms with Crippen LogP contribution in [-0.2, 0) is 19.5 Å². The lowest BCUT2D eigenvalue weighted by molar-refractivity contribution is 0.725. The van der Waals surface area contributed by atoms with Crippen LogP contribution in [0.1, 0.15) is 28.3 Å². The molecule has 0 saturated heterocycles. The average Bonchev–Trinajstić information content (AvgIpc) is 2.93. The van der Waals surface area contributed by atoms with E-state index in [9.17, 15) is 0 Å². The van der Waals surface area contributed by atoms with Gasteiger partial charge in [-0.05, 0) is 32.4 Å². The number of hydrogen-bond donors (Lipinski definition) is 0. The van der Waals surface area contributed by atoms with Crippen LogP contribution >= 0.6 is 11.6 Å². The first-order valence-electron chi connectivity index (χ1n) is 7.02. The maximum absolute atomic E-state index is 6.10. The van der Waals surface area contributed by atoms with E-state index in [1.807, 2.05) is 18.7 Å². The van der Waals surface area contributed by atoms with E-state index in [1.165, 1.54) is 16.8 Å². The van der Waals surface area contributed by atoms with Gasteiger partial charge in [-0.25, -0.2) is 4.98 Å². The fourth-order valence-corrected chi connectivity index (χ4v) is 3.02. The van der Waals surface area contributed by atoms with Crippen molar-refractivity contribution in [2.24, 2.45) is 7.05 Å². The van der Waals surface area contributed by atoms with E-state index in [0.29, 0.717) is 5.88 Å². The van der Waals surface area contributed by atoms with Gasteiger partial charge >= 0.3 is 0 Å². The van der Waals surface area contributed by atoms with E-state index in [2.05, 4.69) is 41.7 Å². The number of hydrogen-bond acceptors (Lipinski definition) is 2. The van der Waals surface area contributed by atoms with E-state index in [0.717, 1.165) is 29.1 Å². The molecule has 0 saturated carbocycles. The molecule has 0 radical (unpaired) electrons. The largest absolute Gasteiger partial charge is 0.322 e. The minimum Gasteiger partial charge on any atom is -0.322 e. The van der Waals surface area contributed by atoms with E-state index in [1.54, 1.807) is 0 Å². The van der Waals surface area contributed by atoms with Crippen LogP contribution in [-0.4, -0.2) is 19.3 Å².